The van der Waals surface area contributed by atoms with E-state index in [-0.39, 0.29) is 6.10 Å². The van der Waals surface area contributed by atoms with Crippen molar-refractivity contribution in [3.05, 3.63) is 63.9 Å². The number of thioether (sulfide) groups is 1. The van der Waals surface area contributed by atoms with Gasteiger partial charge in [0.2, 0.25) is 0 Å². The summed E-state index contributed by atoms with van der Waals surface area (Å²) in [7, 11) is 1.92. The summed E-state index contributed by atoms with van der Waals surface area (Å²) in [4.78, 5) is 0. The topological polar surface area (TPSA) is 49.2 Å². The lowest BCUT2D eigenvalue weighted by atomic mass is 10.2. The van der Waals surface area contributed by atoms with Crippen molar-refractivity contribution in [2.75, 3.05) is 6.61 Å². The molecule has 134 valence electrons. The molecule has 0 saturated carbocycles. The van der Waals surface area contributed by atoms with Crippen LogP contribution >= 0.6 is 35.0 Å². The standard InChI is InChI=1S/C18H15Cl2N3O2S/c1-23-17(16-9-24-14-4-2-3-5-15(14)25-16)21-22-18(23)26-10-11-6-7-12(19)8-13(11)20/h2-8,16H,9-10H2,1H3/t16-/m1/s1. The lowest BCUT2D eigenvalue weighted by molar-refractivity contribution is 0.0825. The van der Waals surface area contributed by atoms with Gasteiger partial charge in [0.05, 0.1) is 0 Å². The van der Waals surface area contributed by atoms with Crippen molar-refractivity contribution >= 4 is 35.0 Å². The Hall–Kier alpha value is -1.89. The fraction of sp³-hybridized carbons (Fsp3) is 0.222. The molecule has 1 aliphatic heterocycles. The number of fused-ring (bicyclic) bond motifs is 1. The molecule has 3 aromatic rings. The van der Waals surface area contributed by atoms with Crippen molar-refractivity contribution in [2.45, 2.75) is 17.0 Å². The molecule has 4 rings (SSSR count). The molecule has 2 heterocycles. The van der Waals surface area contributed by atoms with Gasteiger partial charge in [0.1, 0.15) is 6.61 Å². The third-order valence-electron chi connectivity index (χ3n) is 4.04. The van der Waals surface area contributed by atoms with Crippen LogP contribution in [0.4, 0.5) is 0 Å². The van der Waals surface area contributed by atoms with Gasteiger partial charge in [-0.2, -0.15) is 0 Å². The van der Waals surface area contributed by atoms with Crippen molar-refractivity contribution in [1.82, 2.24) is 14.8 Å². The average Bonchev–Trinajstić information content (AvgIpc) is 3.01. The van der Waals surface area contributed by atoms with Gasteiger partial charge in [0, 0.05) is 22.8 Å². The van der Waals surface area contributed by atoms with Crippen LogP contribution in [0.1, 0.15) is 17.5 Å². The molecule has 0 fully saturated rings. The minimum Gasteiger partial charge on any atom is -0.485 e. The van der Waals surface area contributed by atoms with Crippen LogP contribution in [-0.2, 0) is 12.8 Å². The molecule has 0 unspecified atom stereocenters. The number of hydrogen-bond donors (Lipinski definition) is 0. The predicted molar refractivity (Wildman–Crippen MR) is 102 cm³/mol. The van der Waals surface area contributed by atoms with Gasteiger partial charge in [-0.3, -0.25) is 0 Å². The molecule has 26 heavy (non-hydrogen) atoms. The van der Waals surface area contributed by atoms with Gasteiger partial charge >= 0.3 is 0 Å². The number of hydrogen-bond acceptors (Lipinski definition) is 5. The summed E-state index contributed by atoms with van der Waals surface area (Å²) in [5.74, 6) is 2.86. The van der Waals surface area contributed by atoms with E-state index in [9.17, 15) is 0 Å². The number of ether oxygens (including phenoxy) is 2. The Bertz CT molecular complexity index is 948. The molecule has 0 saturated heterocycles. The molecular weight excluding hydrogens is 393 g/mol. The van der Waals surface area contributed by atoms with Crippen molar-refractivity contribution in [1.29, 1.82) is 0 Å². The Morgan fingerprint density at radius 2 is 1.96 bits per heavy atom. The molecular formula is C18H15Cl2N3O2S. The highest BCUT2D eigenvalue weighted by Crippen LogP contribution is 2.36. The van der Waals surface area contributed by atoms with E-state index in [4.69, 9.17) is 32.7 Å². The summed E-state index contributed by atoms with van der Waals surface area (Å²) in [5.41, 5.74) is 0.997. The van der Waals surface area contributed by atoms with Crippen molar-refractivity contribution in [3.63, 3.8) is 0 Å². The molecule has 0 N–H and O–H groups in total. The Morgan fingerprint density at radius 1 is 1.15 bits per heavy atom. The highest BCUT2D eigenvalue weighted by atomic mass is 35.5. The van der Waals surface area contributed by atoms with Crippen molar-refractivity contribution < 1.29 is 9.47 Å². The normalized spacial score (nSPS) is 15.9. The molecule has 0 radical (unpaired) electrons. The molecule has 0 bridgehead atoms. The van der Waals surface area contributed by atoms with E-state index in [2.05, 4.69) is 10.2 Å². The lowest BCUT2D eigenvalue weighted by Crippen LogP contribution is -2.24. The SMILES string of the molecule is Cn1c(SCc2ccc(Cl)cc2Cl)nnc1[C@H]1COc2ccccc2O1. The molecule has 1 atom stereocenters. The van der Waals surface area contributed by atoms with Crippen LogP contribution in [0.25, 0.3) is 0 Å². The second-order valence-electron chi connectivity index (χ2n) is 5.79. The Kier molecular flexibility index (Phi) is 4.98. The fourth-order valence-corrected chi connectivity index (χ4v) is 4.14. The van der Waals surface area contributed by atoms with Crippen molar-refractivity contribution in [2.24, 2.45) is 7.05 Å². The highest BCUT2D eigenvalue weighted by molar-refractivity contribution is 7.98. The summed E-state index contributed by atoms with van der Waals surface area (Å²) in [5, 5.41) is 10.6. The van der Waals surface area contributed by atoms with Crippen LogP contribution in [0, 0.1) is 0 Å². The maximum Gasteiger partial charge on any atom is 0.192 e. The zero-order valence-electron chi connectivity index (χ0n) is 13.9. The largest absolute Gasteiger partial charge is 0.485 e. The predicted octanol–water partition coefficient (Wildman–Crippen LogP) is 4.93. The Morgan fingerprint density at radius 3 is 2.77 bits per heavy atom. The molecule has 0 aliphatic carbocycles. The van der Waals surface area contributed by atoms with E-state index < -0.39 is 0 Å². The molecule has 8 heteroatoms. The maximum absolute atomic E-state index is 6.23. The Labute approximate surface area is 165 Å². The Balaban J connectivity index is 1.48. The number of aromatic nitrogens is 3. The maximum atomic E-state index is 6.23. The van der Waals surface area contributed by atoms with Gasteiger partial charge in [-0.25, -0.2) is 0 Å². The molecule has 2 aromatic carbocycles. The van der Waals surface area contributed by atoms with E-state index in [1.807, 2.05) is 48.0 Å². The van der Waals surface area contributed by atoms with Crippen LogP contribution in [0.5, 0.6) is 11.5 Å². The number of benzene rings is 2. The third-order valence-corrected chi connectivity index (χ3v) is 5.69. The van der Waals surface area contributed by atoms with Crippen LogP contribution in [-0.4, -0.2) is 21.4 Å². The highest BCUT2D eigenvalue weighted by Gasteiger charge is 2.27. The first kappa shape index (κ1) is 17.5. The summed E-state index contributed by atoms with van der Waals surface area (Å²) >= 11 is 13.7. The van der Waals surface area contributed by atoms with Gasteiger partial charge in [0.15, 0.2) is 28.6 Å². The van der Waals surface area contributed by atoms with Gasteiger partial charge in [-0.1, -0.05) is 53.2 Å². The number of halogens is 2. The number of para-hydroxylation sites is 2. The van der Waals surface area contributed by atoms with Crippen molar-refractivity contribution in [3.8, 4) is 11.5 Å². The molecule has 1 aliphatic rings. The van der Waals surface area contributed by atoms with Gasteiger partial charge in [0.25, 0.3) is 0 Å². The summed E-state index contributed by atoms with van der Waals surface area (Å²) < 4.78 is 13.7. The minimum absolute atomic E-state index is 0.295. The zero-order chi connectivity index (χ0) is 18.1. The summed E-state index contributed by atoms with van der Waals surface area (Å²) in [6.45, 7) is 0.399. The smallest absolute Gasteiger partial charge is 0.192 e. The third kappa shape index (κ3) is 3.49. The van der Waals surface area contributed by atoms with E-state index >= 15 is 0 Å². The number of nitrogens with zero attached hydrogens (tertiary/aromatic N) is 3. The monoisotopic (exact) mass is 407 g/mol. The van der Waals surface area contributed by atoms with Crippen LogP contribution < -0.4 is 9.47 Å². The molecule has 1 aromatic heterocycles. The van der Waals surface area contributed by atoms with Crippen LogP contribution in [0.3, 0.4) is 0 Å². The minimum atomic E-state index is -0.295. The van der Waals surface area contributed by atoms with Crippen LogP contribution in [0.15, 0.2) is 47.6 Å². The van der Waals surface area contributed by atoms with Gasteiger partial charge < -0.3 is 14.0 Å². The zero-order valence-corrected chi connectivity index (χ0v) is 16.2. The molecule has 0 amide bonds. The quantitative estimate of drug-likeness (QED) is 0.573. The summed E-state index contributed by atoms with van der Waals surface area (Å²) in [6.07, 6.45) is -0.295. The second-order valence-corrected chi connectivity index (χ2v) is 7.57. The van der Waals surface area contributed by atoms with E-state index in [0.717, 1.165) is 22.3 Å². The fourth-order valence-electron chi connectivity index (χ4n) is 2.66. The van der Waals surface area contributed by atoms with E-state index in [0.29, 0.717) is 28.2 Å². The summed E-state index contributed by atoms with van der Waals surface area (Å²) in [6, 6.07) is 13.1. The average molecular weight is 408 g/mol. The number of rotatable bonds is 4. The first-order valence-electron chi connectivity index (χ1n) is 7.96. The van der Waals surface area contributed by atoms with Gasteiger partial charge in [-0.15, -0.1) is 10.2 Å². The molecule has 0 spiro atoms. The molecule has 5 nitrogen and oxygen atoms in total. The van der Waals surface area contributed by atoms with E-state index in [1.165, 1.54) is 0 Å². The first-order valence-corrected chi connectivity index (χ1v) is 9.70. The van der Waals surface area contributed by atoms with Gasteiger partial charge in [-0.05, 0) is 29.8 Å². The first-order chi connectivity index (χ1) is 12.6. The lowest BCUT2D eigenvalue weighted by Gasteiger charge is -2.25. The van der Waals surface area contributed by atoms with Crippen LogP contribution in [0.2, 0.25) is 10.0 Å². The second kappa shape index (κ2) is 7.39. The van der Waals surface area contributed by atoms with E-state index in [1.54, 1.807) is 17.8 Å².